The first-order valence-electron chi connectivity index (χ1n) is 11.1. The van der Waals surface area contributed by atoms with Crippen molar-refractivity contribution >= 4 is 11.4 Å². The molecule has 2 aromatic carbocycles. The van der Waals surface area contributed by atoms with Crippen LogP contribution in [-0.2, 0) is 4.79 Å². The van der Waals surface area contributed by atoms with Crippen LogP contribution < -0.4 is 4.74 Å². The van der Waals surface area contributed by atoms with E-state index < -0.39 is 22.3 Å². The molecule has 0 radical (unpaired) electrons. The van der Waals surface area contributed by atoms with Crippen molar-refractivity contribution in [2.24, 2.45) is 16.7 Å². The Kier molecular flexibility index (Phi) is 6.21. The lowest BCUT2D eigenvalue weighted by atomic mass is 9.55. The van der Waals surface area contributed by atoms with Gasteiger partial charge < -0.3 is 9.84 Å². The SMILES string of the molecule is COc1ccc([C@H]2CC(c3ccccc3)=C[C@](O)(C(C)(C)C)[C@@H]2C(=O)C(C)(C)C)cc1. The van der Waals surface area contributed by atoms with Gasteiger partial charge in [0, 0.05) is 11.3 Å². The largest absolute Gasteiger partial charge is 0.497 e. The first kappa shape index (κ1) is 23.3. The molecule has 0 amide bonds. The zero-order valence-electron chi connectivity index (χ0n) is 19.9. The minimum atomic E-state index is -1.29. The molecule has 0 fully saturated rings. The zero-order chi connectivity index (χ0) is 23.0. The van der Waals surface area contributed by atoms with Gasteiger partial charge in [-0.25, -0.2) is 0 Å². The van der Waals surface area contributed by atoms with Crippen LogP contribution in [0.15, 0.2) is 60.7 Å². The van der Waals surface area contributed by atoms with E-state index in [2.05, 4.69) is 12.1 Å². The van der Waals surface area contributed by atoms with Crippen LogP contribution in [0.2, 0.25) is 0 Å². The van der Waals surface area contributed by atoms with E-state index in [0.29, 0.717) is 6.42 Å². The summed E-state index contributed by atoms with van der Waals surface area (Å²) in [5, 5.41) is 12.2. The lowest BCUT2D eigenvalue weighted by Gasteiger charge is -2.51. The van der Waals surface area contributed by atoms with Gasteiger partial charge in [-0.2, -0.15) is 0 Å². The summed E-state index contributed by atoms with van der Waals surface area (Å²) in [7, 11) is 1.65. The van der Waals surface area contributed by atoms with Gasteiger partial charge in [0.1, 0.15) is 11.5 Å². The number of carbonyl (C=O) groups excluding carboxylic acids is 1. The molecule has 3 atom stereocenters. The molecule has 0 aliphatic heterocycles. The predicted octanol–water partition coefficient (Wildman–Crippen LogP) is 6.27. The van der Waals surface area contributed by atoms with E-state index in [9.17, 15) is 9.90 Å². The highest BCUT2D eigenvalue weighted by atomic mass is 16.5. The summed E-state index contributed by atoms with van der Waals surface area (Å²) in [5.74, 6) is 0.188. The fourth-order valence-corrected chi connectivity index (χ4v) is 4.62. The number of methoxy groups -OCH3 is 1. The summed E-state index contributed by atoms with van der Waals surface area (Å²) < 4.78 is 5.34. The maximum Gasteiger partial charge on any atom is 0.145 e. The second kappa shape index (κ2) is 8.27. The van der Waals surface area contributed by atoms with Crippen LogP contribution in [0.5, 0.6) is 5.75 Å². The maximum absolute atomic E-state index is 13.8. The molecule has 1 aliphatic carbocycles. The molecule has 0 saturated carbocycles. The van der Waals surface area contributed by atoms with E-state index in [4.69, 9.17) is 4.74 Å². The van der Waals surface area contributed by atoms with Gasteiger partial charge >= 0.3 is 0 Å². The Hall–Kier alpha value is -2.39. The van der Waals surface area contributed by atoms with Crippen LogP contribution in [-0.4, -0.2) is 23.6 Å². The number of rotatable bonds is 4. The van der Waals surface area contributed by atoms with Gasteiger partial charge in [0.2, 0.25) is 0 Å². The van der Waals surface area contributed by atoms with Crippen LogP contribution in [0.3, 0.4) is 0 Å². The van der Waals surface area contributed by atoms with Crippen LogP contribution in [0.25, 0.3) is 5.57 Å². The van der Waals surface area contributed by atoms with Gasteiger partial charge in [0.05, 0.1) is 18.6 Å². The molecule has 0 saturated heterocycles. The summed E-state index contributed by atoms with van der Waals surface area (Å²) in [6, 6.07) is 18.1. The second-order valence-electron chi connectivity index (χ2n) is 10.8. The van der Waals surface area contributed by atoms with Crippen LogP contribution in [0, 0.1) is 16.7 Å². The van der Waals surface area contributed by atoms with E-state index >= 15 is 0 Å². The van der Waals surface area contributed by atoms with E-state index in [1.54, 1.807) is 7.11 Å². The first-order chi connectivity index (χ1) is 14.4. The summed E-state index contributed by atoms with van der Waals surface area (Å²) in [5.41, 5.74) is 0.844. The van der Waals surface area contributed by atoms with E-state index in [-0.39, 0.29) is 11.7 Å². The molecule has 166 valence electrons. The Labute approximate surface area is 187 Å². The quantitative estimate of drug-likeness (QED) is 0.634. The highest BCUT2D eigenvalue weighted by Crippen LogP contribution is 2.54. The Balaban J connectivity index is 2.24. The fourth-order valence-electron chi connectivity index (χ4n) is 4.62. The van der Waals surface area contributed by atoms with Gasteiger partial charge in [0.25, 0.3) is 0 Å². The van der Waals surface area contributed by atoms with Crippen molar-refractivity contribution in [2.45, 2.75) is 59.5 Å². The molecule has 0 aromatic heterocycles. The van der Waals surface area contributed by atoms with Crippen molar-refractivity contribution in [1.29, 1.82) is 0 Å². The number of hydrogen-bond acceptors (Lipinski definition) is 3. The topological polar surface area (TPSA) is 46.5 Å². The van der Waals surface area contributed by atoms with Gasteiger partial charge in [0.15, 0.2) is 0 Å². The van der Waals surface area contributed by atoms with Crippen molar-refractivity contribution in [1.82, 2.24) is 0 Å². The van der Waals surface area contributed by atoms with E-state index in [0.717, 1.165) is 22.4 Å². The maximum atomic E-state index is 13.8. The fraction of sp³-hybridized carbons (Fsp3) is 0.464. The Morgan fingerprint density at radius 1 is 0.968 bits per heavy atom. The third-order valence-corrected chi connectivity index (χ3v) is 6.62. The smallest absolute Gasteiger partial charge is 0.145 e. The third-order valence-electron chi connectivity index (χ3n) is 6.62. The number of carbonyl (C=O) groups is 1. The zero-order valence-corrected chi connectivity index (χ0v) is 19.9. The number of ether oxygens (including phenoxy) is 1. The number of hydrogen-bond donors (Lipinski definition) is 1. The predicted molar refractivity (Wildman–Crippen MR) is 127 cm³/mol. The van der Waals surface area contributed by atoms with E-state index in [1.165, 1.54) is 0 Å². The number of benzene rings is 2. The molecule has 0 heterocycles. The van der Waals surface area contributed by atoms with Crippen molar-refractivity contribution in [3.05, 3.63) is 71.8 Å². The number of ketones is 1. The van der Waals surface area contributed by atoms with Gasteiger partial charge in [-0.05, 0) is 46.7 Å². The van der Waals surface area contributed by atoms with Crippen LogP contribution >= 0.6 is 0 Å². The lowest BCUT2D eigenvalue weighted by Crippen LogP contribution is -2.56. The standard InChI is InChI=1S/C28H36O3/c1-26(2,3)25(29)24-23(20-13-15-22(31-7)16-14-20)17-21(19-11-9-8-10-12-19)18-28(24,30)27(4,5)6/h8-16,18,23-24,30H,17H2,1-7H3/t23-,24+,28-/m1/s1. The first-order valence-corrected chi connectivity index (χ1v) is 11.1. The average Bonchev–Trinajstić information content (AvgIpc) is 2.72. The molecule has 0 unspecified atom stereocenters. The second-order valence-corrected chi connectivity index (χ2v) is 10.8. The highest BCUT2D eigenvalue weighted by Gasteiger charge is 2.55. The van der Waals surface area contributed by atoms with Crippen LogP contribution in [0.4, 0.5) is 0 Å². The summed E-state index contributed by atoms with van der Waals surface area (Å²) in [6.45, 7) is 11.9. The van der Waals surface area contributed by atoms with Crippen molar-refractivity contribution in [3.63, 3.8) is 0 Å². The molecule has 0 spiro atoms. The van der Waals surface area contributed by atoms with Gasteiger partial charge in [-0.1, -0.05) is 84.0 Å². The van der Waals surface area contributed by atoms with E-state index in [1.807, 2.05) is 90.1 Å². The number of allylic oxidation sites excluding steroid dienone is 1. The molecule has 3 rings (SSSR count). The molecule has 3 nitrogen and oxygen atoms in total. The van der Waals surface area contributed by atoms with Gasteiger partial charge in [-0.3, -0.25) is 4.79 Å². The highest BCUT2D eigenvalue weighted by molar-refractivity contribution is 5.90. The molecular formula is C28H36O3. The van der Waals surface area contributed by atoms with Crippen molar-refractivity contribution < 1.29 is 14.6 Å². The van der Waals surface area contributed by atoms with Crippen LogP contribution in [0.1, 0.15) is 65.0 Å². The molecule has 0 bridgehead atoms. The molecular weight excluding hydrogens is 384 g/mol. The van der Waals surface area contributed by atoms with Crippen molar-refractivity contribution in [3.8, 4) is 5.75 Å². The molecule has 3 heteroatoms. The Morgan fingerprint density at radius 2 is 1.55 bits per heavy atom. The molecule has 31 heavy (non-hydrogen) atoms. The molecule has 1 aliphatic rings. The summed E-state index contributed by atoms with van der Waals surface area (Å²) in [4.78, 5) is 13.8. The van der Waals surface area contributed by atoms with Gasteiger partial charge in [-0.15, -0.1) is 0 Å². The average molecular weight is 421 g/mol. The molecule has 2 aromatic rings. The minimum absolute atomic E-state index is 0.0918. The monoisotopic (exact) mass is 420 g/mol. The normalized spacial score (nSPS) is 24.5. The number of aliphatic hydroxyl groups is 1. The Morgan fingerprint density at radius 3 is 2.03 bits per heavy atom. The summed E-state index contributed by atoms with van der Waals surface area (Å²) in [6.07, 6.45) is 2.66. The molecule has 1 N–H and O–H groups in total. The number of Topliss-reactive ketones (excluding diaryl/α,β-unsaturated/α-hetero) is 1. The summed E-state index contributed by atoms with van der Waals surface area (Å²) >= 11 is 0. The lowest BCUT2D eigenvalue weighted by molar-refractivity contribution is -0.147. The third kappa shape index (κ3) is 4.48. The van der Waals surface area contributed by atoms with Crippen molar-refractivity contribution in [2.75, 3.05) is 7.11 Å². The Bertz CT molecular complexity index is 942. The minimum Gasteiger partial charge on any atom is -0.497 e.